The fourth-order valence-electron chi connectivity index (χ4n) is 2.69. The number of benzene rings is 1. The lowest BCUT2D eigenvalue weighted by molar-refractivity contribution is -0.137. The molecule has 2 aromatic rings. The average Bonchev–Trinajstić information content (AvgIpc) is 2.99. The molecule has 0 N–H and O–H groups in total. The van der Waals surface area contributed by atoms with Crippen molar-refractivity contribution in [2.24, 2.45) is 7.05 Å². The summed E-state index contributed by atoms with van der Waals surface area (Å²) in [4.78, 5) is 32.1. The largest absolute Gasteiger partial charge is 0.342 e. The Labute approximate surface area is 134 Å². The van der Waals surface area contributed by atoms with Crippen LogP contribution >= 0.6 is 0 Å². The van der Waals surface area contributed by atoms with Gasteiger partial charge < -0.3 is 9.80 Å². The SMILES string of the molecule is CC1C(=O)N(C)CCN1C(=O)c1ccc(-c2ncn(C)n2)cc1. The van der Waals surface area contributed by atoms with Crippen molar-refractivity contribution in [3.05, 3.63) is 36.2 Å². The van der Waals surface area contributed by atoms with Gasteiger partial charge in [-0.25, -0.2) is 4.98 Å². The van der Waals surface area contributed by atoms with Gasteiger partial charge >= 0.3 is 0 Å². The number of piperazine rings is 1. The first-order valence-corrected chi connectivity index (χ1v) is 7.49. The molecule has 1 aliphatic rings. The highest BCUT2D eigenvalue weighted by Crippen LogP contribution is 2.18. The molecule has 1 aromatic heterocycles. The van der Waals surface area contributed by atoms with Gasteiger partial charge in [-0.05, 0) is 19.1 Å². The van der Waals surface area contributed by atoms with Gasteiger partial charge in [-0.15, -0.1) is 0 Å². The number of amides is 2. The number of rotatable bonds is 2. The zero-order valence-electron chi connectivity index (χ0n) is 13.4. The van der Waals surface area contributed by atoms with Gasteiger partial charge in [0.15, 0.2) is 5.82 Å². The Morgan fingerprint density at radius 3 is 2.48 bits per heavy atom. The minimum absolute atomic E-state index is 0.0288. The summed E-state index contributed by atoms with van der Waals surface area (Å²) in [5.41, 5.74) is 1.42. The van der Waals surface area contributed by atoms with E-state index in [1.54, 1.807) is 54.0 Å². The van der Waals surface area contributed by atoms with E-state index in [0.717, 1.165) is 5.56 Å². The summed E-state index contributed by atoms with van der Waals surface area (Å²) in [5.74, 6) is 0.466. The van der Waals surface area contributed by atoms with Crippen LogP contribution in [0.25, 0.3) is 11.4 Å². The molecule has 1 fully saturated rings. The summed E-state index contributed by atoms with van der Waals surface area (Å²) in [6, 6.07) is 6.72. The predicted molar refractivity (Wildman–Crippen MR) is 84.6 cm³/mol. The molecule has 120 valence electrons. The smallest absolute Gasteiger partial charge is 0.254 e. The third-order valence-corrected chi connectivity index (χ3v) is 4.13. The molecule has 2 amide bonds. The third-order valence-electron chi connectivity index (χ3n) is 4.13. The van der Waals surface area contributed by atoms with Gasteiger partial charge in [0.2, 0.25) is 5.91 Å². The van der Waals surface area contributed by atoms with E-state index in [9.17, 15) is 9.59 Å². The van der Waals surface area contributed by atoms with Crippen LogP contribution < -0.4 is 0 Å². The summed E-state index contributed by atoms with van der Waals surface area (Å²) in [7, 11) is 3.56. The van der Waals surface area contributed by atoms with Crippen molar-refractivity contribution >= 4 is 11.8 Å². The van der Waals surface area contributed by atoms with E-state index in [4.69, 9.17) is 0 Å². The summed E-state index contributed by atoms with van der Waals surface area (Å²) in [6.45, 7) is 2.87. The normalized spacial score (nSPS) is 18.4. The molecule has 0 aliphatic carbocycles. The van der Waals surface area contributed by atoms with E-state index >= 15 is 0 Å². The van der Waals surface area contributed by atoms with Crippen molar-refractivity contribution in [3.8, 4) is 11.4 Å². The molecular weight excluding hydrogens is 294 g/mol. The van der Waals surface area contributed by atoms with E-state index in [2.05, 4.69) is 10.1 Å². The van der Waals surface area contributed by atoms with Crippen molar-refractivity contribution in [1.29, 1.82) is 0 Å². The lowest BCUT2D eigenvalue weighted by atomic mass is 10.1. The number of aryl methyl sites for hydroxylation is 1. The number of likely N-dealkylation sites (N-methyl/N-ethyl adjacent to an activating group) is 1. The Morgan fingerprint density at radius 1 is 1.17 bits per heavy atom. The highest BCUT2D eigenvalue weighted by Gasteiger charge is 2.32. The molecule has 1 saturated heterocycles. The van der Waals surface area contributed by atoms with Gasteiger partial charge in [0.25, 0.3) is 5.91 Å². The maximum Gasteiger partial charge on any atom is 0.254 e. The second-order valence-electron chi connectivity index (χ2n) is 5.75. The van der Waals surface area contributed by atoms with E-state index < -0.39 is 6.04 Å². The number of carbonyl (C=O) groups excluding carboxylic acids is 2. The molecule has 2 heterocycles. The van der Waals surface area contributed by atoms with E-state index in [-0.39, 0.29) is 11.8 Å². The number of hydrogen-bond donors (Lipinski definition) is 0. The Morgan fingerprint density at radius 2 is 1.87 bits per heavy atom. The highest BCUT2D eigenvalue weighted by atomic mass is 16.2. The molecule has 0 spiro atoms. The van der Waals surface area contributed by atoms with Crippen LogP contribution in [0.15, 0.2) is 30.6 Å². The lowest BCUT2D eigenvalue weighted by Crippen LogP contribution is -2.56. The molecule has 7 heteroatoms. The van der Waals surface area contributed by atoms with Gasteiger partial charge in [0, 0.05) is 38.3 Å². The second kappa shape index (κ2) is 5.83. The molecule has 7 nitrogen and oxygen atoms in total. The van der Waals surface area contributed by atoms with Gasteiger partial charge in [-0.3, -0.25) is 14.3 Å². The van der Waals surface area contributed by atoms with Crippen LogP contribution in [0.3, 0.4) is 0 Å². The van der Waals surface area contributed by atoms with Crippen molar-refractivity contribution < 1.29 is 9.59 Å². The number of hydrogen-bond acceptors (Lipinski definition) is 4. The van der Waals surface area contributed by atoms with Crippen LogP contribution in [0.4, 0.5) is 0 Å². The Hall–Kier alpha value is -2.70. The molecular formula is C16H19N5O2. The van der Waals surface area contributed by atoms with Gasteiger partial charge in [-0.2, -0.15) is 5.10 Å². The summed E-state index contributed by atoms with van der Waals surface area (Å²) >= 11 is 0. The van der Waals surface area contributed by atoms with Crippen molar-refractivity contribution in [3.63, 3.8) is 0 Å². The topological polar surface area (TPSA) is 71.3 Å². The quantitative estimate of drug-likeness (QED) is 0.821. The van der Waals surface area contributed by atoms with Gasteiger partial charge in [0.1, 0.15) is 12.4 Å². The Kier molecular flexibility index (Phi) is 3.85. The molecule has 1 aliphatic heterocycles. The zero-order valence-corrected chi connectivity index (χ0v) is 13.4. The maximum absolute atomic E-state index is 12.6. The molecule has 3 rings (SSSR count). The van der Waals surface area contributed by atoms with Crippen LogP contribution in [0.2, 0.25) is 0 Å². The van der Waals surface area contributed by atoms with E-state index in [1.165, 1.54) is 0 Å². The minimum Gasteiger partial charge on any atom is -0.342 e. The van der Waals surface area contributed by atoms with Crippen LogP contribution in [0.1, 0.15) is 17.3 Å². The van der Waals surface area contributed by atoms with Crippen LogP contribution in [-0.2, 0) is 11.8 Å². The second-order valence-corrected chi connectivity index (χ2v) is 5.75. The summed E-state index contributed by atoms with van der Waals surface area (Å²) in [6.07, 6.45) is 1.63. The number of aromatic nitrogens is 3. The van der Waals surface area contributed by atoms with E-state index in [0.29, 0.717) is 24.5 Å². The standard InChI is InChI=1S/C16H19N5O2/c1-11-15(22)19(2)8-9-21(11)16(23)13-6-4-12(5-7-13)14-17-10-20(3)18-14/h4-7,10-11H,8-9H2,1-3H3. The van der Waals surface area contributed by atoms with Gasteiger partial charge in [0.05, 0.1) is 0 Å². The number of carbonyl (C=O) groups is 2. The fraction of sp³-hybridized carbons (Fsp3) is 0.375. The lowest BCUT2D eigenvalue weighted by Gasteiger charge is -2.37. The first kappa shape index (κ1) is 15.2. The predicted octanol–water partition coefficient (Wildman–Crippen LogP) is 0.785. The average molecular weight is 313 g/mol. The molecule has 23 heavy (non-hydrogen) atoms. The molecule has 0 saturated carbocycles. The third kappa shape index (κ3) is 2.81. The molecule has 0 bridgehead atoms. The Bertz CT molecular complexity index is 737. The molecule has 0 radical (unpaired) electrons. The van der Waals surface area contributed by atoms with Gasteiger partial charge in [-0.1, -0.05) is 12.1 Å². The van der Waals surface area contributed by atoms with E-state index in [1.807, 2.05) is 12.1 Å². The van der Waals surface area contributed by atoms with Crippen molar-refractivity contribution in [2.45, 2.75) is 13.0 Å². The molecule has 1 unspecified atom stereocenters. The highest BCUT2D eigenvalue weighted by molar-refractivity contribution is 5.98. The Balaban J connectivity index is 1.79. The van der Waals surface area contributed by atoms with Crippen LogP contribution in [0, 0.1) is 0 Å². The van der Waals surface area contributed by atoms with Crippen molar-refractivity contribution in [1.82, 2.24) is 24.6 Å². The molecule has 1 atom stereocenters. The van der Waals surface area contributed by atoms with Crippen LogP contribution in [0.5, 0.6) is 0 Å². The minimum atomic E-state index is -0.432. The molecule has 1 aromatic carbocycles. The maximum atomic E-state index is 12.6. The van der Waals surface area contributed by atoms with Crippen LogP contribution in [-0.4, -0.2) is 62.6 Å². The fourth-order valence-corrected chi connectivity index (χ4v) is 2.69. The summed E-state index contributed by atoms with van der Waals surface area (Å²) < 4.78 is 1.63. The zero-order chi connectivity index (χ0) is 16.6. The first-order valence-electron chi connectivity index (χ1n) is 7.49. The monoisotopic (exact) mass is 313 g/mol. The summed E-state index contributed by atoms with van der Waals surface area (Å²) in [5, 5.41) is 4.24. The van der Waals surface area contributed by atoms with Crippen molar-refractivity contribution in [2.75, 3.05) is 20.1 Å². The number of nitrogens with zero attached hydrogens (tertiary/aromatic N) is 5. The first-order chi connectivity index (χ1) is 11.0.